The molecule has 1 saturated heterocycles. The summed E-state index contributed by atoms with van der Waals surface area (Å²) in [6, 6.07) is 24.9. The highest BCUT2D eigenvalue weighted by Crippen LogP contribution is 2.70. The maximum absolute atomic E-state index is 14.0. The van der Waals surface area contributed by atoms with Crippen molar-refractivity contribution in [2.75, 3.05) is 25.1 Å². The third-order valence-electron chi connectivity index (χ3n) is 16.8. The summed E-state index contributed by atoms with van der Waals surface area (Å²) in [6.45, 7) is 3.49. The second-order valence-corrected chi connectivity index (χ2v) is 20.7. The van der Waals surface area contributed by atoms with Crippen LogP contribution in [0.4, 0.5) is 10.5 Å². The Morgan fingerprint density at radius 1 is 0.958 bits per heavy atom. The largest absolute Gasteiger partial charge is 0.481 e. The molecule has 6 aliphatic rings. The second-order valence-electron chi connectivity index (χ2n) is 20.7. The molecule has 10 rings (SSSR count). The molecule has 15 heteroatoms. The van der Waals surface area contributed by atoms with Gasteiger partial charge in [-0.1, -0.05) is 86.2 Å². The second kappa shape index (κ2) is 18.9. The Balaban J connectivity index is 0.738. The van der Waals surface area contributed by atoms with Gasteiger partial charge in [0, 0.05) is 71.6 Å². The number of hydrogen-bond donors (Lipinski definition) is 5. The van der Waals surface area contributed by atoms with Crippen molar-refractivity contribution in [2.45, 2.75) is 95.4 Å². The molecular formula is C56H59N3O12. The van der Waals surface area contributed by atoms with Gasteiger partial charge in [0.1, 0.15) is 13.2 Å². The first-order valence-corrected chi connectivity index (χ1v) is 24.6. The number of amides is 2. The topological polar surface area (TPSA) is 220 Å². The van der Waals surface area contributed by atoms with E-state index in [1.807, 2.05) is 96.7 Å². The van der Waals surface area contributed by atoms with Crippen LogP contribution in [0.5, 0.6) is 0 Å². The molecule has 0 radical (unpaired) electrons. The fourth-order valence-electron chi connectivity index (χ4n) is 13.5. The first-order valence-electron chi connectivity index (χ1n) is 24.6. The summed E-state index contributed by atoms with van der Waals surface area (Å²) in [5, 5.41) is 37.1. The zero-order valence-electron chi connectivity index (χ0n) is 39.8. The minimum Gasteiger partial charge on any atom is -0.481 e. The van der Waals surface area contributed by atoms with Crippen molar-refractivity contribution >= 4 is 41.0 Å². The maximum Gasteiger partial charge on any atom is 0.407 e. The number of aromatic nitrogens is 1. The molecule has 4 fully saturated rings. The monoisotopic (exact) mass is 965 g/mol. The van der Waals surface area contributed by atoms with Crippen LogP contribution in [0.25, 0.3) is 11.1 Å². The summed E-state index contributed by atoms with van der Waals surface area (Å²) in [5.74, 6) is -3.82. The number of carboxylic acid groups (broad SMARTS) is 1. The van der Waals surface area contributed by atoms with Gasteiger partial charge in [0.15, 0.2) is 29.2 Å². The van der Waals surface area contributed by atoms with Gasteiger partial charge in [-0.3, -0.25) is 24.0 Å². The van der Waals surface area contributed by atoms with E-state index in [1.165, 1.54) is 0 Å². The molecule has 0 bridgehead atoms. The Morgan fingerprint density at radius 2 is 1.68 bits per heavy atom. The first kappa shape index (κ1) is 48.1. The van der Waals surface area contributed by atoms with Gasteiger partial charge in [0.05, 0.1) is 18.8 Å². The third kappa shape index (κ3) is 8.55. The van der Waals surface area contributed by atoms with E-state index in [-0.39, 0.29) is 61.7 Å². The van der Waals surface area contributed by atoms with Gasteiger partial charge in [-0.15, -0.1) is 0 Å². The quantitative estimate of drug-likeness (QED) is 0.0763. The number of ketones is 3. The van der Waals surface area contributed by atoms with Gasteiger partial charge < -0.3 is 44.7 Å². The molecule has 3 aromatic carbocycles. The number of aliphatic hydroxyl groups excluding tert-OH is 2. The van der Waals surface area contributed by atoms with Crippen molar-refractivity contribution in [3.63, 3.8) is 0 Å². The number of fused-ring (bicyclic) bond motifs is 10. The summed E-state index contributed by atoms with van der Waals surface area (Å²) in [7, 11) is 0. The third-order valence-corrected chi connectivity index (χ3v) is 16.8. The van der Waals surface area contributed by atoms with Crippen molar-refractivity contribution in [3.05, 3.63) is 137 Å². The number of nitrogens with one attached hydrogen (secondary N) is 2. The van der Waals surface area contributed by atoms with E-state index < -0.39 is 83.5 Å². The Kier molecular flexibility index (Phi) is 12.8. The van der Waals surface area contributed by atoms with E-state index >= 15 is 0 Å². The van der Waals surface area contributed by atoms with Gasteiger partial charge >= 0.3 is 12.1 Å². The predicted molar refractivity (Wildman–Crippen MR) is 259 cm³/mol. The number of ether oxygens (including phenoxy) is 3. The molecule has 4 aromatic rings. The molecule has 2 amide bonds. The number of nitrogens with zero attached hydrogens (tertiary/aromatic N) is 1. The molecule has 1 aromatic heterocycles. The van der Waals surface area contributed by atoms with E-state index in [0.717, 1.165) is 46.2 Å². The number of carboxylic acids is 1. The summed E-state index contributed by atoms with van der Waals surface area (Å²) >= 11 is 0. The van der Waals surface area contributed by atoms with Crippen LogP contribution in [-0.4, -0.2) is 92.8 Å². The first-order chi connectivity index (χ1) is 34.1. The lowest BCUT2D eigenvalue weighted by atomic mass is 9.46. The van der Waals surface area contributed by atoms with Crippen LogP contribution < -0.4 is 10.6 Å². The summed E-state index contributed by atoms with van der Waals surface area (Å²) < 4.78 is 20.9. The number of hydrogen-bond acceptors (Lipinski definition) is 11. The normalized spacial score (nSPS) is 29.4. The SMILES string of the molecule is C[C@]12C=CC(=O)C=C1CC[C@@H]1[C@@H]2[C@@H](O)C[C@@]2(C)[C@H]1C[C@H]1O[C@@H](c3ccn(Cc4ccc(NC(=O)[C@H](CCC(=O)O)CC(=O)CNC(=O)OCC5c6ccccc6-c6ccccc65)cc4)c3)O[C@]12C(=O)CO. The van der Waals surface area contributed by atoms with Crippen LogP contribution >= 0.6 is 0 Å². The molecule has 5 aliphatic carbocycles. The van der Waals surface area contributed by atoms with E-state index in [9.17, 15) is 44.1 Å². The van der Waals surface area contributed by atoms with Crippen LogP contribution in [0, 0.1) is 34.5 Å². The fraction of sp³-hybridized carbons (Fsp3) is 0.429. The predicted octanol–water partition coefficient (Wildman–Crippen LogP) is 7.06. The van der Waals surface area contributed by atoms with Crippen molar-refractivity contribution in [2.24, 2.45) is 34.5 Å². The number of carbonyl (C=O) groups excluding carboxylic acids is 5. The minimum absolute atomic E-state index is 0.0246. The van der Waals surface area contributed by atoms with Crippen LogP contribution in [-0.2, 0) is 44.7 Å². The van der Waals surface area contributed by atoms with Crippen molar-refractivity contribution in [1.82, 2.24) is 9.88 Å². The molecular weight excluding hydrogens is 907 g/mol. The average Bonchev–Trinajstić information content (AvgIpc) is 4.12. The number of allylic oxidation sites excluding steroid dienone is 4. The molecule has 3 saturated carbocycles. The fourth-order valence-corrected chi connectivity index (χ4v) is 13.5. The molecule has 370 valence electrons. The molecule has 71 heavy (non-hydrogen) atoms. The lowest BCUT2D eigenvalue weighted by Crippen LogP contribution is -2.63. The smallest absolute Gasteiger partial charge is 0.407 e. The number of anilines is 1. The average molecular weight is 966 g/mol. The molecule has 5 N–H and O–H groups in total. The molecule has 1 aliphatic heterocycles. The highest BCUT2D eigenvalue weighted by Gasteiger charge is 2.76. The number of aliphatic carboxylic acids is 1. The lowest BCUT2D eigenvalue weighted by Gasteiger charge is -2.59. The van der Waals surface area contributed by atoms with E-state index in [0.29, 0.717) is 24.2 Å². The number of carbonyl (C=O) groups is 6. The van der Waals surface area contributed by atoms with Crippen molar-refractivity contribution in [1.29, 1.82) is 0 Å². The van der Waals surface area contributed by atoms with Crippen molar-refractivity contribution < 1.29 is 58.3 Å². The summed E-state index contributed by atoms with van der Waals surface area (Å²) in [4.78, 5) is 77.1. The van der Waals surface area contributed by atoms with Gasteiger partial charge in [-0.25, -0.2) is 4.79 Å². The number of alkyl carbamates (subject to hydrolysis) is 1. The number of rotatable bonds is 16. The molecule has 15 nitrogen and oxygen atoms in total. The number of aliphatic hydroxyl groups is 2. The van der Waals surface area contributed by atoms with Crippen LogP contribution in [0.1, 0.15) is 93.3 Å². The number of benzene rings is 3. The minimum atomic E-state index is -1.47. The van der Waals surface area contributed by atoms with E-state index in [1.54, 1.807) is 24.3 Å². The highest BCUT2D eigenvalue weighted by molar-refractivity contribution is 6.01. The molecule has 0 spiro atoms. The zero-order valence-corrected chi connectivity index (χ0v) is 39.8. The van der Waals surface area contributed by atoms with E-state index in [2.05, 4.69) is 17.6 Å². The van der Waals surface area contributed by atoms with E-state index in [4.69, 9.17) is 14.2 Å². The zero-order chi connectivity index (χ0) is 49.8. The highest BCUT2D eigenvalue weighted by atomic mass is 16.7. The van der Waals surface area contributed by atoms with Gasteiger partial charge in [-0.2, -0.15) is 0 Å². The van der Waals surface area contributed by atoms with Crippen LogP contribution in [0.2, 0.25) is 0 Å². The molecule has 10 atom stereocenters. The standard InChI is InChI=1S/C56H59N3O12/c1-54-21-19-37(61)24-35(54)14-17-43-45-25-48-56(47(64)30-60,55(45,2)26-46(63)50(43)54)71-52(70-48)34-20-22-59(29-34)28-32-11-15-36(16-12-32)58-51(67)33(13-18-49(65)66)23-38(62)27-57-53(68)69-31-44-41-9-5-3-7-39(41)40-8-4-6-10-42(40)44/h3-12,15-16,19-22,24,29,33,43-46,48,50,52,60,63H,13-14,17-18,23,25-28,30-31H2,1-2H3,(H,57,68)(H,58,67)(H,65,66)/t33-,43+,45+,46+,48-,50-,52-,54+,55+,56-/m1/s1. The maximum atomic E-state index is 14.0. The Labute approximate surface area is 411 Å². The Hall–Kier alpha value is -6.52. The van der Waals surface area contributed by atoms with Crippen LogP contribution in [0.3, 0.4) is 0 Å². The Morgan fingerprint density at radius 3 is 2.38 bits per heavy atom. The molecule has 0 unspecified atom stereocenters. The number of Topliss-reactive ketones (excluding diaryl/α,β-unsaturated/α-hetero) is 2. The van der Waals surface area contributed by atoms with Crippen molar-refractivity contribution in [3.8, 4) is 11.1 Å². The van der Waals surface area contributed by atoms with Crippen LogP contribution in [0.15, 0.2) is 115 Å². The Bertz CT molecular complexity index is 2810. The lowest BCUT2D eigenvalue weighted by molar-refractivity contribution is -0.201. The molecule has 2 heterocycles. The van der Waals surface area contributed by atoms with Gasteiger partial charge in [0.2, 0.25) is 5.91 Å². The van der Waals surface area contributed by atoms with Gasteiger partial charge in [0.25, 0.3) is 0 Å². The summed E-state index contributed by atoms with van der Waals surface area (Å²) in [5.41, 5.74) is 4.57. The summed E-state index contributed by atoms with van der Waals surface area (Å²) in [6.07, 6.45) is 7.53. The van der Waals surface area contributed by atoms with Gasteiger partial charge in [-0.05, 0) is 102 Å².